The molecule has 0 bridgehead atoms. The van der Waals surface area contributed by atoms with Gasteiger partial charge in [-0.3, -0.25) is 0 Å². The molecule has 2 N–H and O–H groups in total. The first-order valence-corrected chi connectivity index (χ1v) is 10.1. The van der Waals surface area contributed by atoms with Crippen molar-refractivity contribution in [2.45, 2.75) is 29.4 Å². The van der Waals surface area contributed by atoms with Crippen molar-refractivity contribution in [2.75, 3.05) is 20.3 Å². The monoisotopic (exact) mass is 359 g/mol. The summed E-state index contributed by atoms with van der Waals surface area (Å²) in [4.78, 5) is 0.349. The Morgan fingerprint density at radius 3 is 2.24 bits per heavy atom. The van der Waals surface area contributed by atoms with Crippen molar-refractivity contribution in [2.24, 2.45) is 11.1 Å². The minimum absolute atomic E-state index is 0.145. The minimum Gasteiger partial charge on any atom is -0.384 e. The Balaban J connectivity index is 2.03. The van der Waals surface area contributed by atoms with Crippen LogP contribution in [0.25, 0.3) is 0 Å². The molecule has 0 radical (unpaired) electrons. The fourth-order valence-corrected chi connectivity index (χ4v) is 6.37. The molecule has 2 aromatic rings. The maximum Gasteiger partial charge on any atom is 0.182 e. The van der Waals surface area contributed by atoms with E-state index in [2.05, 4.69) is 19.1 Å². The van der Waals surface area contributed by atoms with Gasteiger partial charge in [-0.05, 0) is 29.7 Å². The predicted octanol–water partition coefficient (Wildman–Crippen LogP) is 2.78. The van der Waals surface area contributed by atoms with Gasteiger partial charge in [-0.25, -0.2) is 8.42 Å². The molecule has 0 saturated heterocycles. The van der Waals surface area contributed by atoms with E-state index in [-0.39, 0.29) is 12.5 Å². The average Bonchev–Trinajstić information content (AvgIpc) is 3.32. The molecule has 25 heavy (non-hydrogen) atoms. The van der Waals surface area contributed by atoms with Crippen LogP contribution in [0.5, 0.6) is 0 Å². The van der Waals surface area contributed by atoms with Crippen LogP contribution in [-0.2, 0) is 21.0 Å². The van der Waals surface area contributed by atoms with Gasteiger partial charge >= 0.3 is 0 Å². The summed E-state index contributed by atoms with van der Waals surface area (Å²) in [5, 5.41) is -0.556. The second kappa shape index (κ2) is 6.90. The highest BCUT2D eigenvalue weighted by Crippen LogP contribution is 2.63. The highest BCUT2D eigenvalue weighted by Gasteiger charge is 2.70. The van der Waals surface area contributed by atoms with Gasteiger partial charge < -0.3 is 10.5 Å². The second-order valence-corrected chi connectivity index (χ2v) is 8.79. The molecule has 1 saturated carbocycles. The van der Waals surface area contributed by atoms with Crippen molar-refractivity contribution in [3.63, 3.8) is 0 Å². The average molecular weight is 359 g/mol. The van der Waals surface area contributed by atoms with E-state index >= 15 is 0 Å². The first-order valence-electron chi connectivity index (χ1n) is 8.58. The van der Waals surface area contributed by atoms with Crippen LogP contribution in [0.15, 0.2) is 59.5 Å². The van der Waals surface area contributed by atoms with Gasteiger partial charge in [0.1, 0.15) is 0 Å². The molecule has 0 aromatic heterocycles. The molecule has 3 atom stereocenters. The van der Waals surface area contributed by atoms with Crippen LogP contribution in [0.3, 0.4) is 0 Å². The first-order chi connectivity index (χ1) is 12.0. The van der Waals surface area contributed by atoms with Crippen LogP contribution >= 0.6 is 0 Å². The highest BCUT2D eigenvalue weighted by molar-refractivity contribution is 7.92. The van der Waals surface area contributed by atoms with E-state index in [0.29, 0.717) is 11.5 Å². The van der Waals surface area contributed by atoms with Gasteiger partial charge in [0.2, 0.25) is 0 Å². The lowest BCUT2D eigenvalue weighted by atomic mass is 9.99. The summed E-state index contributed by atoms with van der Waals surface area (Å²) in [7, 11) is -1.88. The van der Waals surface area contributed by atoms with Gasteiger partial charge in [0, 0.05) is 25.0 Å². The number of benzene rings is 2. The zero-order valence-electron chi connectivity index (χ0n) is 14.7. The fourth-order valence-electron chi connectivity index (χ4n) is 3.91. The Hall–Kier alpha value is -1.69. The number of rotatable bonds is 7. The van der Waals surface area contributed by atoms with E-state index in [9.17, 15) is 8.42 Å². The SMILES string of the molecule is CCc1ccc(C2C(S(=O)(=O)c3ccccc3)C2(CN)COC)cc1. The second-order valence-electron chi connectivity index (χ2n) is 6.72. The summed E-state index contributed by atoms with van der Waals surface area (Å²) in [6.45, 7) is 2.71. The number of ether oxygens (including phenoxy) is 1. The van der Waals surface area contributed by atoms with Crippen molar-refractivity contribution in [3.05, 3.63) is 65.7 Å². The third kappa shape index (κ3) is 3.01. The van der Waals surface area contributed by atoms with Crippen molar-refractivity contribution >= 4 is 9.84 Å². The lowest BCUT2D eigenvalue weighted by molar-refractivity contribution is 0.142. The molecule has 0 aliphatic heterocycles. The number of aryl methyl sites for hydroxylation is 1. The zero-order valence-corrected chi connectivity index (χ0v) is 15.5. The van der Waals surface area contributed by atoms with E-state index in [1.165, 1.54) is 5.56 Å². The summed E-state index contributed by atoms with van der Waals surface area (Å²) in [5.74, 6) is -0.145. The van der Waals surface area contributed by atoms with Gasteiger partial charge in [0.25, 0.3) is 0 Å². The van der Waals surface area contributed by atoms with Gasteiger partial charge in [-0.1, -0.05) is 49.4 Å². The van der Waals surface area contributed by atoms with Gasteiger partial charge in [0.05, 0.1) is 16.8 Å². The maximum absolute atomic E-state index is 13.2. The quantitative estimate of drug-likeness (QED) is 0.825. The Kier molecular flexibility index (Phi) is 5.00. The van der Waals surface area contributed by atoms with Crippen molar-refractivity contribution in [1.29, 1.82) is 0 Å². The first kappa shape index (κ1) is 18.1. The molecule has 3 unspecified atom stereocenters. The Labute approximate surface area is 149 Å². The van der Waals surface area contributed by atoms with E-state index < -0.39 is 20.5 Å². The lowest BCUT2D eigenvalue weighted by Gasteiger charge is -2.15. The van der Waals surface area contributed by atoms with E-state index in [1.54, 1.807) is 31.4 Å². The lowest BCUT2D eigenvalue weighted by Crippen LogP contribution is -2.28. The standard InChI is InChI=1S/C20H25NO3S/c1-3-15-9-11-16(12-10-15)18-19(20(18,13-21)14-24-2)25(22,23)17-7-5-4-6-8-17/h4-12,18-19H,3,13-14,21H2,1-2H3. The summed E-state index contributed by atoms with van der Waals surface area (Å²) in [6, 6.07) is 16.8. The predicted molar refractivity (Wildman–Crippen MR) is 99.3 cm³/mol. The van der Waals surface area contributed by atoms with E-state index in [0.717, 1.165) is 12.0 Å². The van der Waals surface area contributed by atoms with Crippen LogP contribution in [0.2, 0.25) is 0 Å². The normalized spacial score (nSPS) is 25.7. The van der Waals surface area contributed by atoms with Gasteiger partial charge in [-0.2, -0.15) is 0 Å². The molecule has 0 spiro atoms. The largest absolute Gasteiger partial charge is 0.384 e. The molecule has 4 nitrogen and oxygen atoms in total. The Bertz CT molecular complexity index is 818. The molecule has 5 heteroatoms. The minimum atomic E-state index is -3.48. The molecule has 3 rings (SSSR count). The number of sulfone groups is 1. The third-order valence-electron chi connectivity index (χ3n) is 5.33. The summed E-state index contributed by atoms with van der Waals surface area (Å²) >= 11 is 0. The summed E-state index contributed by atoms with van der Waals surface area (Å²) in [5.41, 5.74) is 7.74. The van der Waals surface area contributed by atoms with Crippen LogP contribution in [-0.4, -0.2) is 33.9 Å². The van der Waals surface area contributed by atoms with Gasteiger partial charge in [-0.15, -0.1) is 0 Å². The topological polar surface area (TPSA) is 69.4 Å². The fraction of sp³-hybridized carbons (Fsp3) is 0.400. The molecular formula is C20H25NO3S. The molecule has 0 amide bonds. The Morgan fingerprint density at radius 1 is 1.08 bits per heavy atom. The summed E-state index contributed by atoms with van der Waals surface area (Å²) in [6.07, 6.45) is 0.955. The van der Waals surface area contributed by atoms with Crippen molar-refractivity contribution < 1.29 is 13.2 Å². The zero-order chi connectivity index (χ0) is 18.1. The number of hydrogen-bond acceptors (Lipinski definition) is 4. The molecule has 1 fully saturated rings. The number of methoxy groups -OCH3 is 1. The van der Waals surface area contributed by atoms with Crippen molar-refractivity contribution in [1.82, 2.24) is 0 Å². The molecular weight excluding hydrogens is 334 g/mol. The smallest absolute Gasteiger partial charge is 0.182 e. The van der Waals surface area contributed by atoms with Gasteiger partial charge in [0.15, 0.2) is 9.84 Å². The molecule has 0 heterocycles. The number of nitrogens with two attached hydrogens (primary N) is 1. The molecule has 1 aliphatic rings. The van der Waals surface area contributed by atoms with E-state index in [1.807, 2.05) is 18.2 Å². The highest BCUT2D eigenvalue weighted by atomic mass is 32.2. The van der Waals surface area contributed by atoms with Crippen LogP contribution in [0.1, 0.15) is 24.0 Å². The van der Waals surface area contributed by atoms with Crippen LogP contribution in [0.4, 0.5) is 0 Å². The molecule has 2 aromatic carbocycles. The molecule has 134 valence electrons. The maximum atomic E-state index is 13.2. The number of hydrogen-bond donors (Lipinski definition) is 1. The third-order valence-corrected chi connectivity index (χ3v) is 7.67. The van der Waals surface area contributed by atoms with Crippen molar-refractivity contribution in [3.8, 4) is 0 Å². The Morgan fingerprint density at radius 2 is 1.72 bits per heavy atom. The molecule has 1 aliphatic carbocycles. The summed E-state index contributed by atoms with van der Waals surface area (Å²) < 4.78 is 31.9. The van der Waals surface area contributed by atoms with Crippen LogP contribution in [0, 0.1) is 5.41 Å². The van der Waals surface area contributed by atoms with E-state index in [4.69, 9.17) is 10.5 Å². The van der Waals surface area contributed by atoms with Crippen LogP contribution < -0.4 is 5.73 Å².